The Kier molecular flexibility index (Phi) is 1.83. The van der Waals surface area contributed by atoms with Crippen LogP contribution in [0.1, 0.15) is 12.8 Å². The zero-order valence-corrected chi connectivity index (χ0v) is 6.47. The maximum atomic E-state index is 10.6. The highest BCUT2D eigenvalue weighted by atomic mass is 32.2. The van der Waals surface area contributed by atoms with E-state index >= 15 is 0 Å². The Morgan fingerprint density at radius 2 is 2.30 bits per heavy atom. The molecule has 0 heterocycles. The summed E-state index contributed by atoms with van der Waals surface area (Å²) in [5, 5.41) is 4.61. The summed E-state index contributed by atoms with van der Waals surface area (Å²) in [6.07, 6.45) is 3.21. The van der Waals surface area contributed by atoms with E-state index in [0.29, 0.717) is 6.42 Å². The van der Waals surface area contributed by atoms with Crippen molar-refractivity contribution in [1.82, 2.24) is 0 Å². The number of hydrogen-bond donors (Lipinski definition) is 1. The smallest absolute Gasteiger partial charge is 0.212 e. The lowest BCUT2D eigenvalue weighted by Crippen LogP contribution is -2.18. The van der Waals surface area contributed by atoms with Crippen LogP contribution in [-0.4, -0.2) is 13.7 Å². The van der Waals surface area contributed by atoms with E-state index in [1.54, 1.807) is 6.08 Å². The van der Waals surface area contributed by atoms with Crippen LogP contribution in [0, 0.1) is 5.92 Å². The van der Waals surface area contributed by atoms with Gasteiger partial charge in [0.25, 0.3) is 0 Å². The first-order valence-electron chi connectivity index (χ1n) is 3.18. The average molecular weight is 161 g/mol. The first-order valence-corrected chi connectivity index (χ1v) is 4.79. The van der Waals surface area contributed by atoms with Crippen LogP contribution in [0.2, 0.25) is 0 Å². The Labute approximate surface area is 61.0 Å². The molecule has 0 amide bonds. The predicted octanol–water partition coefficient (Wildman–Crippen LogP) is 0.240. The summed E-state index contributed by atoms with van der Waals surface area (Å²) < 4.78 is 21.2. The van der Waals surface area contributed by atoms with Crippen LogP contribution in [0.3, 0.4) is 0 Å². The Bertz CT molecular complexity index is 232. The van der Waals surface area contributed by atoms with Gasteiger partial charge >= 0.3 is 0 Å². The van der Waals surface area contributed by atoms with E-state index in [1.165, 1.54) is 0 Å². The lowest BCUT2D eigenvalue weighted by Gasteiger charge is -1.91. The molecule has 4 heteroatoms. The molecule has 0 saturated heterocycles. The first kappa shape index (κ1) is 7.75. The number of hydrogen-bond acceptors (Lipinski definition) is 2. The van der Waals surface area contributed by atoms with Gasteiger partial charge in [-0.15, -0.1) is 6.58 Å². The minimum atomic E-state index is -3.25. The fraction of sp³-hybridized carbons (Fsp3) is 0.667. The number of allylic oxidation sites excluding steroid dienone is 1. The molecule has 1 rings (SSSR count). The van der Waals surface area contributed by atoms with Crippen molar-refractivity contribution in [1.29, 1.82) is 0 Å². The second kappa shape index (κ2) is 2.36. The van der Waals surface area contributed by atoms with Crippen LogP contribution >= 0.6 is 0 Å². The van der Waals surface area contributed by atoms with Crippen LogP contribution < -0.4 is 5.14 Å². The Morgan fingerprint density at radius 3 is 2.60 bits per heavy atom. The van der Waals surface area contributed by atoms with Crippen molar-refractivity contribution >= 4 is 10.0 Å². The van der Waals surface area contributed by atoms with Crippen molar-refractivity contribution in [3.63, 3.8) is 0 Å². The summed E-state index contributed by atoms with van der Waals surface area (Å²) in [4.78, 5) is 0. The van der Waals surface area contributed by atoms with Crippen molar-refractivity contribution < 1.29 is 8.42 Å². The summed E-state index contributed by atoms with van der Waals surface area (Å²) in [5.74, 6) is 0.243. The van der Waals surface area contributed by atoms with Crippen LogP contribution in [0.4, 0.5) is 0 Å². The van der Waals surface area contributed by atoms with E-state index in [4.69, 9.17) is 5.14 Å². The van der Waals surface area contributed by atoms with E-state index in [9.17, 15) is 8.42 Å². The fourth-order valence-electron chi connectivity index (χ4n) is 1.08. The van der Waals surface area contributed by atoms with Gasteiger partial charge in [-0.05, 0) is 18.8 Å². The molecule has 58 valence electrons. The van der Waals surface area contributed by atoms with Gasteiger partial charge in [-0.3, -0.25) is 0 Å². The minimum Gasteiger partial charge on any atom is -0.228 e. The third-order valence-corrected chi connectivity index (χ3v) is 3.17. The second-order valence-electron chi connectivity index (χ2n) is 2.65. The molecule has 1 saturated carbocycles. The molecular weight excluding hydrogens is 150 g/mol. The number of rotatable bonds is 3. The molecule has 1 aliphatic carbocycles. The molecule has 2 atom stereocenters. The summed E-state index contributed by atoms with van der Waals surface area (Å²) in [6, 6.07) is 0. The molecule has 0 radical (unpaired) electrons. The number of primary sulfonamides is 1. The van der Waals surface area contributed by atoms with Crippen LogP contribution in [-0.2, 0) is 10.0 Å². The van der Waals surface area contributed by atoms with Gasteiger partial charge in [0.05, 0.1) is 5.25 Å². The van der Waals surface area contributed by atoms with Crippen molar-refractivity contribution in [3.05, 3.63) is 12.7 Å². The third-order valence-electron chi connectivity index (χ3n) is 1.75. The number of nitrogens with two attached hydrogens (primary N) is 1. The Morgan fingerprint density at radius 1 is 1.70 bits per heavy atom. The molecule has 1 aliphatic rings. The van der Waals surface area contributed by atoms with E-state index in [-0.39, 0.29) is 11.2 Å². The van der Waals surface area contributed by atoms with E-state index in [2.05, 4.69) is 6.58 Å². The van der Waals surface area contributed by atoms with Crippen molar-refractivity contribution in [2.75, 3.05) is 0 Å². The lowest BCUT2D eigenvalue weighted by molar-refractivity contribution is 0.593. The molecule has 1 fully saturated rings. The zero-order valence-electron chi connectivity index (χ0n) is 5.66. The van der Waals surface area contributed by atoms with Crippen molar-refractivity contribution in [3.8, 4) is 0 Å². The Balaban J connectivity index is 2.47. The topological polar surface area (TPSA) is 60.2 Å². The molecule has 0 bridgehead atoms. The molecule has 0 aromatic heterocycles. The van der Waals surface area contributed by atoms with Crippen molar-refractivity contribution in [2.45, 2.75) is 18.1 Å². The first-order chi connectivity index (χ1) is 4.55. The molecule has 0 spiro atoms. The quantitative estimate of drug-likeness (QED) is 0.603. The van der Waals surface area contributed by atoms with Gasteiger partial charge in [-0.25, -0.2) is 13.6 Å². The van der Waals surface area contributed by atoms with Gasteiger partial charge in [0, 0.05) is 0 Å². The summed E-state index contributed by atoms with van der Waals surface area (Å²) in [6.45, 7) is 3.52. The maximum absolute atomic E-state index is 10.6. The highest BCUT2D eigenvalue weighted by Crippen LogP contribution is 2.38. The highest BCUT2D eigenvalue weighted by Gasteiger charge is 2.44. The van der Waals surface area contributed by atoms with E-state index in [0.717, 1.165) is 6.42 Å². The molecule has 0 aromatic rings. The second-order valence-corrected chi connectivity index (χ2v) is 4.43. The standard InChI is InChI=1S/C6H11NO2S/c1-2-3-5-4-6(5)10(7,8)9/h2,5-6H,1,3-4H2,(H2,7,8,9). The van der Waals surface area contributed by atoms with Crippen LogP contribution in [0.25, 0.3) is 0 Å². The molecule has 0 aromatic carbocycles. The summed E-state index contributed by atoms with van der Waals surface area (Å²) >= 11 is 0. The fourth-order valence-corrected chi connectivity index (χ4v) is 2.25. The highest BCUT2D eigenvalue weighted by molar-refractivity contribution is 7.90. The van der Waals surface area contributed by atoms with Gasteiger partial charge in [0.1, 0.15) is 0 Å². The monoisotopic (exact) mass is 161 g/mol. The molecule has 0 aliphatic heterocycles. The third kappa shape index (κ3) is 1.58. The zero-order chi connectivity index (χ0) is 7.78. The minimum absolute atomic E-state index is 0.243. The molecule has 2 unspecified atom stereocenters. The normalized spacial score (nSPS) is 31.7. The number of sulfonamides is 1. The van der Waals surface area contributed by atoms with Crippen LogP contribution in [0.5, 0.6) is 0 Å². The van der Waals surface area contributed by atoms with Crippen molar-refractivity contribution in [2.24, 2.45) is 11.1 Å². The van der Waals surface area contributed by atoms with Gasteiger partial charge in [0.2, 0.25) is 10.0 Å². The van der Waals surface area contributed by atoms with E-state index in [1.807, 2.05) is 0 Å². The Hall–Kier alpha value is -0.350. The van der Waals surface area contributed by atoms with Gasteiger partial charge < -0.3 is 0 Å². The lowest BCUT2D eigenvalue weighted by atomic mass is 10.3. The molecule has 3 nitrogen and oxygen atoms in total. The predicted molar refractivity (Wildman–Crippen MR) is 39.8 cm³/mol. The average Bonchev–Trinajstić information content (AvgIpc) is 2.44. The van der Waals surface area contributed by atoms with Gasteiger partial charge in [-0.2, -0.15) is 0 Å². The van der Waals surface area contributed by atoms with Gasteiger partial charge in [-0.1, -0.05) is 6.08 Å². The van der Waals surface area contributed by atoms with E-state index < -0.39 is 10.0 Å². The van der Waals surface area contributed by atoms with Gasteiger partial charge in [0.15, 0.2) is 0 Å². The SMILES string of the molecule is C=CCC1CC1S(N)(=O)=O. The summed E-state index contributed by atoms with van der Waals surface area (Å²) in [7, 11) is -3.25. The summed E-state index contributed by atoms with van der Waals surface area (Å²) in [5.41, 5.74) is 0. The molecule has 2 N–H and O–H groups in total. The largest absolute Gasteiger partial charge is 0.228 e. The molecule has 10 heavy (non-hydrogen) atoms. The molecular formula is C6H11NO2S. The maximum Gasteiger partial charge on any atom is 0.212 e. The van der Waals surface area contributed by atoms with Crippen LogP contribution in [0.15, 0.2) is 12.7 Å².